The fraction of sp³-hybridized carbons (Fsp3) is 0.500. The number of thioether (sulfide) groups is 1. The number of hydrogen-bond acceptors (Lipinski definition) is 3. The second-order valence-corrected chi connectivity index (χ2v) is 5.94. The third kappa shape index (κ3) is 4.35. The minimum absolute atomic E-state index is 0.0232. The number of aliphatic hydroxyl groups is 1. The van der Waals surface area contributed by atoms with Crippen molar-refractivity contribution in [2.45, 2.75) is 39.0 Å². The second kappa shape index (κ2) is 6.81. The summed E-state index contributed by atoms with van der Waals surface area (Å²) in [7, 11) is 0. The first kappa shape index (κ1) is 15.1. The Hall–Kier alpha value is -1.000. The van der Waals surface area contributed by atoms with Gasteiger partial charge in [0, 0.05) is 10.9 Å². The SMILES string of the molecule is Cc1cccc(C)c1NC(=O)CSC(C)C(C)O. The lowest BCUT2D eigenvalue weighted by Gasteiger charge is -2.15. The molecule has 3 nitrogen and oxygen atoms in total. The number of amides is 1. The van der Waals surface area contributed by atoms with Gasteiger partial charge in [0.1, 0.15) is 0 Å². The van der Waals surface area contributed by atoms with Crippen molar-refractivity contribution in [2.24, 2.45) is 0 Å². The highest BCUT2D eigenvalue weighted by atomic mass is 32.2. The third-order valence-electron chi connectivity index (χ3n) is 2.90. The Bertz CT molecular complexity index is 398. The number of aryl methyl sites for hydroxylation is 2. The maximum absolute atomic E-state index is 11.8. The van der Waals surface area contributed by atoms with Crippen molar-refractivity contribution >= 4 is 23.4 Å². The van der Waals surface area contributed by atoms with Crippen molar-refractivity contribution in [1.29, 1.82) is 0 Å². The van der Waals surface area contributed by atoms with Crippen LogP contribution in [0.1, 0.15) is 25.0 Å². The van der Waals surface area contributed by atoms with Crippen LogP contribution in [-0.4, -0.2) is 28.1 Å². The summed E-state index contributed by atoms with van der Waals surface area (Å²) in [5.74, 6) is 0.338. The predicted molar refractivity (Wildman–Crippen MR) is 78.1 cm³/mol. The van der Waals surface area contributed by atoms with Crippen molar-refractivity contribution in [3.05, 3.63) is 29.3 Å². The molecular weight excluding hydrogens is 246 g/mol. The first-order valence-corrected chi connectivity index (χ1v) is 7.12. The minimum Gasteiger partial charge on any atom is -0.392 e. The lowest BCUT2D eigenvalue weighted by atomic mass is 10.1. The van der Waals surface area contributed by atoms with Crippen molar-refractivity contribution in [3.8, 4) is 0 Å². The summed E-state index contributed by atoms with van der Waals surface area (Å²) in [5.41, 5.74) is 3.03. The van der Waals surface area contributed by atoms with E-state index < -0.39 is 6.10 Å². The van der Waals surface area contributed by atoms with Crippen LogP contribution in [0.5, 0.6) is 0 Å². The number of anilines is 1. The average molecular weight is 267 g/mol. The first-order chi connectivity index (χ1) is 8.41. The van der Waals surface area contributed by atoms with Crippen LogP contribution >= 0.6 is 11.8 Å². The van der Waals surface area contributed by atoms with Crippen LogP contribution in [0.15, 0.2) is 18.2 Å². The summed E-state index contributed by atoms with van der Waals surface area (Å²) < 4.78 is 0. The maximum Gasteiger partial charge on any atom is 0.234 e. The van der Waals surface area contributed by atoms with Crippen LogP contribution in [0.25, 0.3) is 0 Å². The Kier molecular flexibility index (Phi) is 5.69. The zero-order valence-corrected chi connectivity index (χ0v) is 12.2. The molecule has 2 atom stereocenters. The molecule has 4 heteroatoms. The molecule has 1 aromatic carbocycles. The molecule has 1 amide bonds. The second-order valence-electron chi connectivity index (χ2n) is 4.57. The Labute approximate surface area is 113 Å². The van der Waals surface area contributed by atoms with Crippen LogP contribution in [-0.2, 0) is 4.79 Å². The lowest BCUT2D eigenvalue weighted by molar-refractivity contribution is -0.113. The van der Waals surface area contributed by atoms with E-state index in [9.17, 15) is 9.90 Å². The van der Waals surface area contributed by atoms with Gasteiger partial charge in [0.05, 0.1) is 11.9 Å². The van der Waals surface area contributed by atoms with E-state index in [1.54, 1.807) is 6.92 Å². The molecule has 0 fully saturated rings. The van der Waals surface area contributed by atoms with Crippen LogP contribution in [0.2, 0.25) is 0 Å². The highest BCUT2D eigenvalue weighted by molar-refractivity contribution is 8.00. The van der Waals surface area contributed by atoms with Gasteiger partial charge in [0.15, 0.2) is 0 Å². The number of aliphatic hydroxyl groups excluding tert-OH is 1. The van der Waals surface area contributed by atoms with Gasteiger partial charge < -0.3 is 10.4 Å². The minimum atomic E-state index is -0.400. The molecule has 0 aliphatic carbocycles. The molecule has 0 spiro atoms. The molecule has 0 saturated carbocycles. The molecule has 18 heavy (non-hydrogen) atoms. The van der Waals surface area contributed by atoms with E-state index in [0.29, 0.717) is 5.75 Å². The zero-order valence-electron chi connectivity index (χ0n) is 11.4. The van der Waals surface area contributed by atoms with E-state index >= 15 is 0 Å². The third-order valence-corrected chi connectivity index (χ3v) is 4.25. The van der Waals surface area contributed by atoms with Crippen molar-refractivity contribution < 1.29 is 9.90 Å². The van der Waals surface area contributed by atoms with Crippen molar-refractivity contribution in [1.82, 2.24) is 0 Å². The molecule has 0 aromatic heterocycles. The van der Waals surface area contributed by atoms with Crippen molar-refractivity contribution in [3.63, 3.8) is 0 Å². The van der Waals surface area contributed by atoms with Crippen LogP contribution in [0, 0.1) is 13.8 Å². The highest BCUT2D eigenvalue weighted by Crippen LogP contribution is 2.20. The summed E-state index contributed by atoms with van der Waals surface area (Å²) >= 11 is 1.46. The van der Waals surface area contributed by atoms with Gasteiger partial charge in [0.25, 0.3) is 0 Å². The topological polar surface area (TPSA) is 49.3 Å². The summed E-state index contributed by atoms with van der Waals surface area (Å²) in [6, 6.07) is 5.94. The van der Waals surface area contributed by atoms with Gasteiger partial charge in [-0.15, -0.1) is 11.8 Å². The molecule has 0 heterocycles. The van der Waals surface area contributed by atoms with Gasteiger partial charge in [-0.1, -0.05) is 25.1 Å². The van der Waals surface area contributed by atoms with E-state index in [1.807, 2.05) is 39.0 Å². The number of carbonyl (C=O) groups is 1. The van der Waals surface area contributed by atoms with Crippen LogP contribution in [0.3, 0.4) is 0 Å². The molecule has 100 valence electrons. The smallest absolute Gasteiger partial charge is 0.234 e. The lowest BCUT2D eigenvalue weighted by Crippen LogP contribution is -2.21. The Morgan fingerprint density at radius 1 is 1.33 bits per heavy atom. The van der Waals surface area contributed by atoms with Crippen LogP contribution < -0.4 is 5.32 Å². The number of nitrogens with one attached hydrogen (secondary N) is 1. The van der Waals surface area contributed by atoms with E-state index in [-0.39, 0.29) is 11.2 Å². The van der Waals surface area contributed by atoms with Gasteiger partial charge in [-0.2, -0.15) is 0 Å². The van der Waals surface area contributed by atoms with E-state index in [0.717, 1.165) is 16.8 Å². The summed E-state index contributed by atoms with van der Waals surface area (Å²) in [6.45, 7) is 7.62. The number of para-hydroxylation sites is 1. The molecule has 2 unspecified atom stereocenters. The molecule has 1 aromatic rings. The summed E-state index contributed by atoms with van der Waals surface area (Å²) in [5, 5.41) is 12.4. The zero-order chi connectivity index (χ0) is 13.7. The largest absolute Gasteiger partial charge is 0.392 e. The summed E-state index contributed by atoms with van der Waals surface area (Å²) in [4.78, 5) is 11.8. The number of benzene rings is 1. The van der Waals surface area contributed by atoms with Crippen LogP contribution in [0.4, 0.5) is 5.69 Å². The standard InChI is InChI=1S/C14H21NO2S/c1-9-6-5-7-10(2)14(9)15-13(17)8-18-12(4)11(3)16/h5-7,11-12,16H,8H2,1-4H3,(H,15,17). The van der Waals surface area contributed by atoms with E-state index in [2.05, 4.69) is 5.32 Å². The molecule has 1 rings (SSSR count). The van der Waals surface area contributed by atoms with E-state index in [4.69, 9.17) is 0 Å². The highest BCUT2D eigenvalue weighted by Gasteiger charge is 2.12. The summed E-state index contributed by atoms with van der Waals surface area (Å²) in [6.07, 6.45) is -0.400. The average Bonchev–Trinajstić information content (AvgIpc) is 2.30. The Morgan fingerprint density at radius 3 is 2.39 bits per heavy atom. The predicted octanol–water partition coefficient (Wildman–Crippen LogP) is 2.74. The van der Waals surface area contributed by atoms with Crippen molar-refractivity contribution in [2.75, 3.05) is 11.1 Å². The molecule has 0 aliphatic heterocycles. The fourth-order valence-corrected chi connectivity index (χ4v) is 2.30. The molecular formula is C14H21NO2S. The van der Waals surface area contributed by atoms with E-state index in [1.165, 1.54) is 11.8 Å². The first-order valence-electron chi connectivity index (χ1n) is 6.07. The maximum atomic E-state index is 11.8. The quantitative estimate of drug-likeness (QED) is 0.862. The van der Waals surface area contributed by atoms with Gasteiger partial charge in [0.2, 0.25) is 5.91 Å². The Balaban J connectivity index is 2.55. The normalized spacial score (nSPS) is 14.1. The molecule has 0 radical (unpaired) electrons. The number of carbonyl (C=O) groups excluding carboxylic acids is 1. The number of rotatable bonds is 5. The Morgan fingerprint density at radius 2 is 1.89 bits per heavy atom. The monoisotopic (exact) mass is 267 g/mol. The fourth-order valence-electron chi connectivity index (χ4n) is 1.53. The van der Waals surface area contributed by atoms with Gasteiger partial charge in [-0.3, -0.25) is 4.79 Å². The molecule has 0 aliphatic rings. The molecule has 2 N–H and O–H groups in total. The van der Waals surface area contributed by atoms with Gasteiger partial charge >= 0.3 is 0 Å². The van der Waals surface area contributed by atoms with Gasteiger partial charge in [-0.05, 0) is 31.9 Å². The molecule has 0 bridgehead atoms. The molecule has 0 saturated heterocycles. The van der Waals surface area contributed by atoms with Gasteiger partial charge in [-0.25, -0.2) is 0 Å². The number of hydrogen-bond donors (Lipinski definition) is 2.